The van der Waals surface area contributed by atoms with Crippen molar-refractivity contribution in [2.24, 2.45) is 11.7 Å². The van der Waals surface area contributed by atoms with E-state index in [4.69, 9.17) is 10.5 Å². The van der Waals surface area contributed by atoms with Crippen LogP contribution in [0.1, 0.15) is 55.8 Å². The zero-order valence-corrected chi connectivity index (χ0v) is 19.1. The quantitative estimate of drug-likeness (QED) is 0.491. The van der Waals surface area contributed by atoms with E-state index in [2.05, 4.69) is 10.2 Å². The second-order valence-corrected chi connectivity index (χ2v) is 9.60. The summed E-state index contributed by atoms with van der Waals surface area (Å²) in [6, 6.07) is 12.0. The van der Waals surface area contributed by atoms with E-state index in [1.54, 1.807) is 30.5 Å². The number of ether oxygens (including phenoxy) is 1. The smallest absolute Gasteiger partial charge is 0.343 e. The SMILES string of the molecule is C[N+]1(C(C(N)=O)c2cccnn2)CCC(OC(=O)C(O)(c2ccccc2)C2CCCC2)CC1. The molecule has 2 unspecified atom stereocenters. The van der Waals surface area contributed by atoms with Crippen LogP contribution in [0, 0.1) is 5.92 Å². The predicted molar refractivity (Wildman–Crippen MR) is 121 cm³/mol. The minimum absolute atomic E-state index is 0.145. The van der Waals surface area contributed by atoms with Crippen molar-refractivity contribution in [1.29, 1.82) is 0 Å². The van der Waals surface area contributed by atoms with Crippen LogP contribution in [-0.4, -0.2) is 57.9 Å². The van der Waals surface area contributed by atoms with Gasteiger partial charge in [-0.25, -0.2) is 4.79 Å². The Morgan fingerprint density at radius 3 is 2.33 bits per heavy atom. The first-order valence-electron chi connectivity index (χ1n) is 11.7. The summed E-state index contributed by atoms with van der Waals surface area (Å²) in [5, 5.41) is 19.6. The number of quaternary nitrogens is 1. The summed E-state index contributed by atoms with van der Waals surface area (Å²) >= 11 is 0. The summed E-state index contributed by atoms with van der Waals surface area (Å²) < 4.78 is 6.30. The number of likely N-dealkylation sites (tertiary alicyclic amines) is 1. The molecule has 0 spiro atoms. The minimum atomic E-state index is -1.64. The number of hydrogen-bond acceptors (Lipinski definition) is 6. The molecule has 33 heavy (non-hydrogen) atoms. The fraction of sp³-hybridized carbons (Fsp3) is 0.520. The number of carbonyl (C=O) groups is 2. The van der Waals surface area contributed by atoms with Gasteiger partial charge in [0.25, 0.3) is 5.91 Å². The van der Waals surface area contributed by atoms with E-state index in [1.807, 2.05) is 25.2 Å². The first-order valence-corrected chi connectivity index (χ1v) is 11.7. The number of primary amides is 1. The van der Waals surface area contributed by atoms with Gasteiger partial charge in [0.15, 0.2) is 5.60 Å². The van der Waals surface area contributed by atoms with Crippen LogP contribution in [0.4, 0.5) is 0 Å². The van der Waals surface area contributed by atoms with Gasteiger partial charge in [0.2, 0.25) is 6.04 Å². The number of benzene rings is 1. The van der Waals surface area contributed by atoms with Crippen molar-refractivity contribution in [2.75, 3.05) is 20.1 Å². The molecule has 2 heterocycles. The summed E-state index contributed by atoms with van der Waals surface area (Å²) in [5.74, 6) is -1.16. The Kier molecular flexibility index (Phi) is 6.76. The monoisotopic (exact) mass is 453 g/mol. The standard InChI is InChI=1S/C25H32N4O4/c1-29(22(23(26)30)21-12-7-15-27-28-21)16-13-20(14-17-29)33-24(31)25(32,19-10-5-6-11-19)18-8-3-2-4-9-18/h2-4,7-9,12,15,19-20,22,32H,5-6,10-11,13-14,16-17H2,1H3,(H-,26,30)/p+1. The van der Waals surface area contributed by atoms with Gasteiger partial charge in [-0.1, -0.05) is 43.2 Å². The molecule has 2 aliphatic rings. The van der Waals surface area contributed by atoms with E-state index in [1.165, 1.54) is 0 Å². The van der Waals surface area contributed by atoms with E-state index in [-0.39, 0.29) is 12.0 Å². The summed E-state index contributed by atoms with van der Waals surface area (Å²) in [5.41, 5.74) is 5.25. The van der Waals surface area contributed by atoms with Crippen molar-refractivity contribution < 1.29 is 23.9 Å². The van der Waals surface area contributed by atoms with Gasteiger partial charge in [0, 0.05) is 25.0 Å². The van der Waals surface area contributed by atoms with Gasteiger partial charge in [-0.15, -0.1) is 5.10 Å². The fourth-order valence-corrected chi connectivity index (χ4v) is 5.54. The highest BCUT2D eigenvalue weighted by molar-refractivity contribution is 5.82. The number of rotatable bonds is 7. The third kappa shape index (κ3) is 4.63. The Morgan fingerprint density at radius 1 is 1.09 bits per heavy atom. The first-order chi connectivity index (χ1) is 15.8. The van der Waals surface area contributed by atoms with Crippen LogP contribution in [0.25, 0.3) is 0 Å². The molecule has 1 aromatic heterocycles. The molecule has 4 rings (SSSR count). The normalized spacial score (nSPS) is 26.3. The van der Waals surface area contributed by atoms with Crippen molar-refractivity contribution >= 4 is 11.9 Å². The number of nitrogens with zero attached hydrogens (tertiary/aromatic N) is 3. The van der Waals surface area contributed by atoms with Crippen LogP contribution < -0.4 is 5.73 Å². The predicted octanol–water partition coefficient (Wildman–Crippen LogP) is 2.23. The van der Waals surface area contributed by atoms with Crippen LogP contribution in [0.5, 0.6) is 0 Å². The lowest BCUT2D eigenvalue weighted by atomic mass is 9.80. The maximum Gasteiger partial charge on any atom is 0.343 e. The van der Waals surface area contributed by atoms with Gasteiger partial charge in [0.05, 0.1) is 20.1 Å². The molecule has 0 bridgehead atoms. The number of carbonyl (C=O) groups excluding carboxylic acids is 2. The summed E-state index contributed by atoms with van der Waals surface area (Å²) in [7, 11) is 1.97. The third-order valence-electron chi connectivity index (χ3n) is 7.43. The van der Waals surface area contributed by atoms with E-state index in [0.29, 0.717) is 41.7 Å². The molecule has 8 heteroatoms. The molecule has 8 nitrogen and oxygen atoms in total. The molecule has 2 atom stereocenters. The lowest BCUT2D eigenvalue weighted by Gasteiger charge is -2.44. The molecule has 176 valence electrons. The van der Waals surface area contributed by atoms with Crippen LogP contribution in [0.15, 0.2) is 48.7 Å². The topological polar surface area (TPSA) is 115 Å². The van der Waals surface area contributed by atoms with Crippen LogP contribution >= 0.6 is 0 Å². The van der Waals surface area contributed by atoms with Crippen LogP contribution in [0.3, 0.4) is 0 Å². The number of aliphatic hydroxyl groups is 1. The number of hydrogen-bond donors (Lipinski definition) is 2. The van der Waals surface area contributed by atoms with Crippen LogP contribution in [0.2, 0.25) is 0 Å². The van der Waals surface area contributed by atoms with Gasteiger partial charge in [-0.3, -0.25) is 4.79 Å². The van der Waals surface area contributed by atoms with Crippen molar-refractivity contribution in [1.82, 2.24) is 10.2 Å². The number of nitrogens with two attached hydrogens (primary N) is 1. The Bertz CT molecular complexity index is 957. The van der Waals surface area contributed by atoms with Gasteiger partial charge in [-0.05, 0) is 30.5 Å². The average molecular weight is 454 g/mol. The molecular formula is C25H33N4O4+. The zero-order valence-electron chi connectivity index (χ0n) is 19.1. The molecule has 1 saturated carbocycles. The largest absolute Gasteiger partial charge is 0.460 e. The Labute approximate surface area is 194 Å². The summed E-state index contributed by atoms with van der Waals surface area (Å²) in [6.45, 7) is 1.19. The van der Waals surface area contributed by atoms with Crippen molar-refractivity contribution in [3.05, 3.63) is 59.9 Å². The fourth-order valence-electron chi connectivity index (χ4n) is 5.54. The number of piperidine rings is 1. The number of esters is 1. The van der Waals surface area contributed by atoms with Gasteiger partial charge in [-0.2, -0.15) is 5.10 Å². The molecule has 1 aromatic carbocycles. The van der Waals surface area contributed by atoms with E-state index < -0.39 is 23.5 Å². The van der Waals surface area contributed by atoms with Crippen molar-refractivity contribution in [3.8, 4) is 0 Å². The van der Waals surface area contributed by atoms with E-state index in [0.717, 1.165) is 25.7 Å². The number of aromatic nitrogens is 2. The molecule has 1 aliphatic carbocycles. The molecule has 2 aromatic rings. The second kappa shape index (κ2) is 9.57. The molecular weight excluding hydrogens is 420 g/mol. The molecule has 1 amide bonds. The highest BCUT2D eigenvalue weighted by Gasteiger charge is 2.50. The molecule has 1 saturated heterocycles. The lowest BCUT2D eigenvalue weighted by molar-refractivity contribution is -0.935. The van der Waals surface area contributed by atoms with E-state index >= 15 is 0 Å². The summed E-state index contributed by atoms with van der Waals surface area (Å²) in [6.07, 6.45) is 5.99. The van der Waals surface area contributed by atoms with E-state index in [9.17, 15) is 14.7 Å². The highest BCUT2D eigenvalue weighted by atomic mass is 16.6. The molecule has 1 aliphatic heterocycles. The number of amides is 1. The Hall–Kier alpha value is -2.84. The van der Waals surface area contributed by atoms with Crippen molar-refractivity contribution in [2.45, 2.75) is 56.3 Å². The first kappa shape index (κ1) is 23.3. The molecule has 0 radical (unpaired) electrons. The van der Waals surface area contributed by atoms with Crippen molar-refractivity contribution in [3.63, 3.8) is 0 Å². The minimum Gasteiger partial charge on any atom is -0.460 e. The Morgan fingerprint density at radius 2 is 1.76 bits per heavy atom. The second-order valence-electron chi connectivity index (χ2n) is 9.60. The maximum atomic E-state index is 13.4. The lowest BCUT2D eigenvalue weighted by Crippen LogP contribution is -2.57. The van der Waals surface area contributed by atoms with Gasteiger partial charge < -0.3 is 20.1 Å². The van der Waals surface area contributed by atoms with Gasteiger partial charge in [0.1, 0.15) is 11.8 Å². The number of likely N-dealkylation sites (N-methyl/N-ethyl adjacent to an activating group) is 1. The average Bonchev–Trinajstić information content (AvgIpc) is 3.37. The zero-order chi connectivity index (χ0) is 23.5. The highest BCUT2D eigenvalue weighted by Crippen LogP contribution is 2.42. The van der Waals surface area contributed by atoms with Crippen LogP contribution in [-0.2, 0) is 19.9 Å². The molecule has 2 fully saturated rings. The maximum absolute atomic E-state index is 13.4. The molecule has 3 N–H and O–H groups in total. The Balaban J connectivity index is 1.47. The van der Waals surface area contributed by atoms with Gasteiger partial charge >= 0.3 is 5.97 Å². The third-order valence-corrected chi connectivity index (χ3v) is 7.43. The summed E-state index contributed by atoms with van der Waals surface area (Å²) in [4.78, 5) is 25.7.